The van der Waals surface area contributed by atoms with Crippen molar-refractivity contribution in [3.8, 4) is 0 Å². The number of aryl methyl sites for hydroxylation is 1. The Bertz CT molecular complexity index is 1020. The molecular weight excluding hydrogens is 400 g/mol. The number of benzene rings is 1. The van der Waals surface area contributed by atoms with Gasteiger partial charge in [0.05, 0.1) is 12.2 Å². The van der Waals surface area contributed by atoms with E-state index in [0.29, 0.717) is 13.1 Å². The van der Waals surface area contributed by atoms with Gasteiger partial charge in [0.2, 0.25) is 15.9 Å². The molecule has 2 atom stereocenters. The maximum atomic E-state index is 12.8. The Morgan fingerprint density at radius 2 is 1.90 bits per heavy atom. The molecule has 1 saturated heterocycles. The van der Waals surface area contributed by atoms with Crippen molar-refractivity contribution >= 4 is 26.8 Å². The highest BCUT2D eigenvalue weighted by Gasteiger charge is 2.40. The minimum absolute atomic E-state index is 0.00170. The van der Waals surface area contributed by atoms with Gasteiger partial charge in [-0.2, -0.15) is 4.31 Å². The zero-order valence-electron chi connectivity index (χ0n) is 17.9. The molecule has 8 heteroatoms. The first-order chi connectivity index (χ1) is 14.3. The molecule has 2 aliphatic rings. The van der Waals surface area contributed by atoms with E-state index in [1.165, 1.54) is 22.7 Å². The summed E-state index contributed by atoms with van der Waals surface area (Å²) in [5.41, 5.74) is 2.46. The molecule has 1 saturated carbocycles. The number of sulfonamides is 1. The molecule has 4 rings (SSSR count). The van der Waals surface area contributed by atoms with E-state index in [4.69, 9.17) is 0 Å². The van der Waals surface area contributed by atoms with Crippen LogP contribution < -0.4 is 5.32 Å². The van der Waals surface area contributed by atoms with E-state index in [-0.39, 0.29) is 17.9 Å². The third-order valence-electron chi connectivity index (χ3n) is 6.57. The first-order valence-corrected chi connectivity index (χ1v) is 12.7. The number of hydrogen-bond donors (Lipinski definition) is 1. The molecule has 0 radical (unpaired) electrons. The smallest absolute Gasteiger partial charge is 0.224 e. The molecule has 1 aromatic carbocycles. The Balaban J connectivity index is 1.54. The summed E-state index contributed by atoms with van der Waals surface area (Å²) >= 11 is 0. The van der Waals surface area contributed by atoms with E-state index >= 15 is 0 Å². The van der Waals surface area contributed by atoms with Crippen molar-refractivity contribution in [3.05, 3.63) is 36.0 Å². The SMILES string of the molecule is Cn1cc(CN2CCCN(S(C)(=O)=O)C3CCCC3C(=O)NCC2)c2ccccc21. The monoisotopic (exact) mass is 432 g/mol. The van der Waals surface area contributed by atoms with Crippen molar-refractivity contribution in [2.24, 2.45) is 13.0 Å². The molecule has 2 aromatic rings. The third-order valence-corrected chi connectivity index (χ3v) is 7.87. The number of para-hydroxylation sites is 1. The maximum Gasteiger partial charge on any atom is 0.224 e. The van der Waals surface area contributed by atoms with Gasteiger partial charge in [-0.3, -0.25) is 9.69 Å². The number of amides is 1. The molecule has 0 spiro atoms. The number of aromatic nitrogens is 1. The Labute approximate surface area is 179 Å². The van der Waals surface area contributed by atoms with Crippen molar-refractivity contribution < 1.29 is 13.2 Å². The molecule has 2 fully saturated rings. The van der Waals surface area contributed by atoms with Gasteiger partial charge in [-0.05, 0) is 37.4 Å². The van der Waals surface area contributed by atoms with E-state index in [9.17, 15) is 13.2 Å². The van der Waals surface area contributed by atoms with Gasteiger partial charge in [-0.1, -0.05) is 24.6 Å². The molecule has 7 nitrogen and oxygen atoms in total. The van der Waals surface area contributed by atoms with Gasteiger partial charge in [0.1, 0.15) is 0 Å². The highest BCUT2D eigenvalue weighted by molar-refractivity contribution is 7.88. The number of fused-ring (bicyclic) bond motifs is 2. The summed E-state index contributed by atoms with van der Waals surface area (Å²) in [6, 6.07) is 8.16. The maximum absolute atomic E-state index is 12.8. The van der Waals surface area contributed by atoms with Crippen LogP contribution in [0.2, 0.25) is 0 Å². The second-order valence-corrected chi connectivity index (χ2v) is 10.6. The van der Waals surface area contributed by atoms with Gasteiger partial charge in [0.25, 0.3) is 0 Å². The Morgan fingerprint density at radius 3 is 2.70 bits per heavy atom. The fourth-order valence-corrected chi connectivity index (χ4v) is 6.35. The molecule has 1 aliphatic carbocycles. The number of nitrogens with zero attached hydrogens (tertiary/aromatic N) is 3. The standard InChI is InChI=1S/C22H32N4O3S/c1-24-15-17(18-7-3-4-9-20(18)24)16-25-12-6-13-26(30(2,28)29)21-10-5-8-19(21)22(27)23-11-14-25/h3-4,7,9,15,19,21H,5-6,8,10-14,16H2,1-2H3,(H,23,27). The number of nitrogens with one attached hydrogen (secondary N) is 1. The van der Waals surface area contributed by atoms with E-state index < -0.39 is 10.0 Å². The van der Waals surface area contributed by atoms with Crippen LogP contribution in [0.5, 0.6) is 0 Å². The van der Waals surface area contributed by atoms with Crippen LogP contribution in [0.25, 0.3) is 10.9 Å². The summed E-state index contributed by atoms with van der Waals surface area (Å²) in [5.74, 6) is -0.234. The molecule has 1 aromatic heterocycles. The van der Waals surface area contributed by atoms with Crippen molar-refractivity contribution in [1.82, 2.24) is 19.1 Å². The lowest BCUT2D eigenvalue weighted by atomic mass is 10.0. The van der Waals surface area contributed by atoms with Gasteiger partial charge in [-0.15, -0.1) is 0 Å². The zero-order chi connectivity index (χ0) is 21.3. The number of carbonyl (C=O) groups is 1. The molecule has 1 N–H and O–H groups in total. The van der Waals surface area contributed by atoms with Crippen LogP contribution in [0.15, 0.2) is 30.5 Å². The Morgan fingerprint density at radius 1 is 1.10 bits per heavy atom. The van der Waals surface area contributed by atoms with Crippen LogP contribution >= 0.6 is 0 Å². The fourth-order valence-electron chi connectivity index (χ4n) is 5.15. The molecule has 30 heavy (non-hydrogen) atoms. The molecule has 2 heterocycles. The predicted octanol–water partition coefficient (Wildman–Crippen LogP) is 1.93. The van der Waals surface area contributed by atoms with Crippen molar-refractivity contribution in [2.45, 2.75) is 38.3 Å². The van der Waals surface area contributed by atoms with Gasteiger partial charge in [0.15, 0.2) is 0 Å². The topological polar surface area (TPSA) is 74.6 Å². The second-order valence-electron chi connectivity index (χ2n) is 8.68. The van der Waals surface area contributed by atoms with Crippen LogP contribution in [0.4, 0.5) is 0 Å². The Kier molecular flexibility index (Phi) is 6.18. The highest BCUT2D eigenvalue weighted by Crippen LogP contribution is 2.32. The summed E-state index contributed by atoms with van der Waals surface area (Å²) < 4.78 is 28.7. The summed E-state index contributed by atoms with van der Waals surface area (Å²) in [6.45, 7) is 3.39. The van der Waals surface area contributed by atoms with Crippen molar-refractivity contribution in [3.63, 3.8) is 0 Å². The molecule has 1 amide bonds. The summed E-state index contributed by atoms with van der Waals surface area (Å²) in [4.78, 5) is 15.1. The van der Waals surface area contributed by atoms with E-state index in [1.54, 1.807) is 4.31 Å². The lowest BCUT2D eigenvalue weighted by Gasteiger charge is -2.30. The van der Waals surface area contributed by atoms with Crippen molar-refractivity contribution in [2.75, 3.05) is 32.4 Å². The predicted molar refractivity (Wildman–Crippen MR) is 119 cm³/mol. The lowest BCUT2D eigenvalue weighted by molar-refractivity contribution is -0.125. The van der Waals surface area contributed by atoms with Crippen LogP contribution in [0.3, 0.4) is 0 Å². The van der Waals surface area contributed by atoms with E-state index in [1.807, 2.05) is 6.07 Å². The molecular formula is C22H32N4O3S. The molecule has 164 valence electrons. The minimum atomic E-state index is -3.35. The number of carbonyl (C=O) groups excluding carboxylic acids is 1. The van der Waals surface area contributed by atoms with Crippen LogP contribution in [0.1, 0.15) is 31.2 Å². The van der Waals surface area contributed by atoms with Gasteiger partial charge >= 0.3 is 0 Å². The first kappa shape index (κ1) is 21.3. The Hall–Kier alpha value is -1.90. The average Bonchev–Trinajstić information content (AvgIpc) is 3.28. The molecule has 0 bridgehead atoms. The normalized spacial score (nSPS) is 25.1. The van der Waals surface area contributed by atoms with E-state index in [0.717, 1.165) is 45.3 Å². The summed E-state index contributed by atoms with van der Waals surface area (Å²) in [6.07, 6.45) is 6.64. The molecule has 1 aliphatic heterocycles. The molecule has 2 unspecified atom stereocenters. The van der Waals surface area contributed by atoms with E-state index in [2.05, 4.69) is 46.2 Å². The van der Waals surface area contributed by atoms with Gasteiger partial charge in [0, 0.05) is 56.4 Å². The van der Waals surface area contributed by atoms with Crippen molar-refractivity contribution in [1.29, 1.82) is 0 Å². The minimum Gasteiger partial charge on any atom is -0.355 e. The summed E-state index contributed by atoms with van der Waals surface area (Å²) in [5, 5.41) is 4.32. The van der Waals surface area contributed by atoms with Gasteiger partial charge < -0.3 is 9.88 Å². The second kappa shape index (κ2) is 8.69. The number of rotatable bonds is 3. The summed E-state index contributed by atoms with van der Waals surface area (Å²) in [7, 11) is -1.30. The van der Waals surface area contributed by atoms with Crippen LogP contribution in [-0.2, 0) is 28.4 Å². The van der Waals surface area contributed by atoms with Crippen LogP contribution in [0, 0.1) is 5.92 Å². The van der Waals surface area contributed by atoms with Gasteiger partial charge in [-0.25, -0.2) is 8.42 Å². The largest absolute Gasteiger partial charge is 0.355 e. The average molecular weight is 433 g/mol. The fraction of sp³-hybridized carbons (Fsp3) is 0.591. The first-order valence-electron chi connectivity index (χ1n) is 10.8. The third kappa shape index (κ3) is 4.40. The highest BCUT2D eigenvalue weighted by atomic mass is 32.2. The van der Waals surface area contributed by atoms with Crippen LogP contribution in [-0.4, -0.2) is 66.6 Å². The lowest BCUT2D eigenvalue weighted by Crippen LogP contribution is -2.47. The zero-order valence-corrected chi connectivity index (χ0v) is 18.7. The number of hydrogen-bond acceptors (Lipinski definition) is 4. The quantitative estimate of drug-likeness (QED) is 0.804.